The highest BCUT2D eigenvalue weighted by Gasteiger charge is 2.34. The first-order valence-electron chi connectivity index (χ1n) is 6.30. The number of rotatable bonds is 3. The highest BCUT2D eigenvalue weighted by atomic mass is 79.9. The third-order valence-electron chi connectivity index (χ3n) is 3.22. The van der Waals surface area contributed by atoms with Gasteiger partial charge < -0.3 is 9.80 Å². The van der Waals surface area contributed by atoms with Crippen LogP contribution >= 0.6 is 15.9 Å². The van der Waals surface area contributed by atoms with E-state index in [1.54, 1.807) is 0 Å². The standard InChI is InChI=1S/C13H18BrF2N3/c1-18(2)9-10-11(3-4-12(14)17-10)19-7-5-13(15,16)6-8-19/h3-4H,5-9H2,1-2H3. The van der Waals surface area contributed by atoms with E-state index in [0.29, 0.717) is 19.6 Å². The summed E-state index contributed by atoms with van der Waals surface area (Å²) < 4.78 is 27.2. The quantitative estimate of drug-likeness (QED) is 0.792. The lowest BCUT2D eigenvalue weighted by Crippen LogP contribution is -2.40. The van der Waals surface area contributed by atoms with Crippen LogP contribution in [-0.2, 0) is 6.54 Å². The first-order chi connectivity index (χ1) is 8.87. The van der Waals surface area contributed by atoms with Crippen LogP contribution in [0.3, 0.4) is 0 Å². The van der Waals surface area contributed by atoms with Gasteiger partial charge in [-0.15, -0.1) is 0 Å². The lowest BCUT2D eigenvalue weighted by atomic mass is 10.1. The molecule has 3 nitrogen and oxygen atoms in total. The minimum Gasteiger partial charge on any atom is -0.370 e. The first kappa shape index (κ1) is 14.7. The third kappa shape index (κ3) is 3.86. The van der Waals surface area contributed by atoms with Crippen molar-refractivity contribution in [3.63, 3.8) is 0 Å². The lowest BCUT2D eigenvalue weighted by molar-refractivity contribution is -0.0221. The molecule has 0 saturated carbocycles. The maximum atomic E-state index is 13.2. The second-order valence-corrected chi connectivity index (χ2v) is 5.99. The molecule has 0 amide bonds. The van der Waals surface area contributed by atoms with Crippen molar-refractivity contribution >= 4 is 21.6 Å². The summed E-state index contributed by atoms with van der Waals surface area (Å²) in [7, 11) is 3.94. The predicted molar refractivity (Wildman–Crippen MR) is 75.7 cm³/mol. The number of halogens is 3. The normalized spacial score (nSPS) is 18.9. The molecule has 0 unspecified atom stereocenters. The van der Waals surface area contributed by atoms with Gasteiger partial charge in [-0.3, -0.25) is 0 Å². The van der Waals surface area contributed by atoms with Crippen molar-refractivity contribution in [2.24, 2.45) is 0 Å². The van der Waals surface area contributed by atoms with Crippen molar-refractivity contribution in [1.82, 2.24) is 9.88 Å². The number of nitrogens with zero attached hydrogens (tertiary/aromatic N) is 3. The minimum absolute atomic E-state index is 0.0789. The van der Waals surface area contributed by atoms with Crippen LogP contribution in [0.15, 0.2) is 16.7 Å². The molecule has 1 aromatic heterocycles. The van der Waals surface area contributed by atoms with Crippen molar-refractivity contribution in [1.29, 1.82) is 0 Å². The van der Waals surface area contributed by atoms with Crippen LogP contribution in [0.1, 0.15) is 18.5 Å². The van der Waals surface area contributed by atoms with Gasteiger partial charge >= 0.3 is 0 Å². The molecule has 6 heteroatoms. The Morgan fingerprint density at radius 2 is 1.95 bits per heavy atom. The van der Waals surface area contributed by atoms with Crippen LogP contribution < -0.4 is 4.90 Å². The van der Waals surface area contributed by atoms with E-state index < -0.39 is 5.92 Å². The molecule has 0 aromatic carbocycles. The summed E-state index contributed by atoms with van der Waals surface area (Å²) in [5, 5.41) is 0. The summed E-state index contributed by atoms with van der Waals surface area (Å²) in [5.74, 6) is -2.51. The Bertz CT molecular complexity index is 442. The van der Waals surface area contributed by atoms with Gasteiger partial charge in [0.25, 0.3) is 5.92 Å². The zero-order chi connectivity index (χ0) is 14.0. The lowest BCUT2D eigenvalue weighted by Gasteiger charge is -2.34. The van der Waals surface area contributed by atoms with Gasteiger partial charge in [0.15, 0.2) is 0 Å². The van der Waals surface area contributed by atoms with E-state index in [-0.39, 0.29) is 12.8 Å². The smallest absolute Gasteiger partial charge is 0.251 e. The van der Waals surface area contributed by atoms with E-state index in [4.69, 9.17) is 0 Å². The van der Waals surface area contributed by atoms with Gasteiger partial charge in [0.1, 0.15) is 4.60 Å². The van der Waals surface area contributed by atoms with Crippen LogP contribution in [0.5, 0.6) is 0 Å². The molecule has 19 heavy (non-hydrogen) atoms. The number of hydrogen-bond donors (Lipinski definition) is 0. The van der Waals surface area contributed by atoms with E-state index in [1.165, 1.54) is 0 Å². The maximum absolute atomic E-state index is 13.2. The van der Waals surface area contributed by atoms with Gasteiger partial charge in [-0.2, -0.15) is 0 Å². The van der Waals surface area contributed by atoms with Crippen molar-refractivity contribution in [2.45, 2.75) is 25.3 Å². The molecular formula is C13H18BrF2N3. The van der Waals surface area contributed by atoms with Crippen LogP contribution in [0.25, 0.3) is 0 Å². The summed E-state index contributed by atoms with van der Waals surface area (Å²) in [6.07, 6.45) is -0.158. The summed E-state index contributed by atoms with van der Waals surface area (Å²) in [6, 6.07) is 3.82. The zero-order valence-electron chi connectivity index (χ0n) is 11.2. The molecular weight excluding hydrogens is 316 g/mol. The Labute approximate surface area is 120 Å². The fraction of sp³-hybridized carbons (Fsp3) is 0.615. The number of piperidine rings is 1. The molecule has 2 rings (SSSR count). The van der Waals surface area contributed by atoms with Crippen LogP contribution in [0.4, 0.5) is 14.5 Å². The number of hydrogen-bond acceptors (Lipinski definition) is 3. The van der Waals surface area contributed by atoms with E-state index in [1.807, 2.05) is 36.0 Å². The topological polar surface area (TPSA) is 19.4 Å². The molecule has 106 valence electrons. The highest BCUT2D eigenvalue weighted by Crippen LogP contribution is 2.32. The van der Waals surface area contributed by atoms with Gasteiger partial charge in [0.2, 0.25) is 0 Å². The van der Waals surface area contributed by atoms with Gasteiger partial charge in [-0.25, -0.2) is 13.8 Å². The third-order valence-corrected chi connectivity index (χ3v) is 3.66. The average molecular weight is 334 g/mol. The van der Waals surface area contributed by atoms with Crippen molar-refractivity contribution < 1.29 is 8.78 Å². The Morgan fingerprint density at radius 1 is 1.32 bits per heavy atom. The summed E-state index contributed by atoms with van der Waals surface area (Å²) in [4.78, 5) is 8.50. The van der Waals surface area contributed by atoms with Gasteiger partial charge in [-0.1, -0.05) is 0 Å². The fourth-order valence-electron chi connectivity index (χ4n) is 2.25. The van der Waals surface area contributed by atoms with E-state index in [0.717, 1.165) is 16.0 Å². The second-order valence-electron chi connectivity index (χ2n) is 5.18. The predicted octanol–water partition coefficient (Wildman–Crippen LogP) is 3.14. The van der Waals surface area contributed by atoms with Crippen LogP contribution in [0.2, 0.25) is 0 Å². The Balaban J connectivity index is 2.20. The summed E-state index contributed by atoms with van der Waals surface area (Å²) >= 11 is 3.36. The SMILES string of the molecule is CN(C)Cc1nc(Br)ccc1N1CCC(F)(F)CC1. The number of pyridine rings is 1. The molecule has 1 aliphatic rings. The molecule has 1 fully saturated rings. The minimum atomic E-state index is -2.51. The summed E-state index contributed by atoms with van der Waals surface area (Å²) in [6.45, 7) is 1.47. The van der Waals surface area contributed by atoms with Gasteiger partial charge in [0.05, 0.1) is 11.4 Å². The van der Waals surface area contributed by atoms with Crippen molar-refractivity contribution in [3.05, 3.63) is 22.4 Å². The monoisotopic (exact) mass is 333 g/mol. The number of alkyl halides is 2. The van der Waals surface area contributed by atoms with Gasteiger partial charge in [0, 0.05) is 32.5 Å². The Hall–Kier alpha value is -0.750. The highest BCUT2D eigenvalue weighted by molar-refractivity contribution is 9.10. The number of aromatic nitrogens is 1. The first-order valence-corrected chi connectivity index (χ1v) is 7.10. The van der Waals surface area contributed by atoms with Crippen LogP contribution in [0, 0.1) is 0 Å². The second kappa shape index (κ2) is 5.71. The Morgan fingerprint density at radius 3 is 2.53 bits per heavy atom. The molecule has 0 spiro atoms. The molecule has 0 atom stereocenters. The number of anilines is 1. The Kier molecular flexibility index (Phi) is 4.40. The van der Waals surface area contributed by atoms with E-state index >= 15 is 0 Å². The largest absolute Gasteiger partial charge is 0.370 e. The van der Waals surface area contributed by atoms with E-state index in [2.05, 4.69) is 20.9 Å². The molecule has 2 heterocycles. The molecule has 0 aliphatic carbocycles. The average Bonchev–Trinajstić information content (AvgIpc) is 2.29. The van der Waals surface area contributed by atoms with Crippen molar-refractivity contribution in [2.75, 3.05) is 32.1 Å². The summed E-state index contributed by atoms with van der Waals surface area (Å²) in [5.41, 5.74) is 1.89. The van der Waals surface area contributed by atoms with E-state index in [9.17, 15) is 8.78 Å². The molecule has 1 aromatic rings. The molecule has 0 bridgehead atoms. The molecule has 0 N–H and O–H groups in total. The van der Waals surface area contributed by atoms with Gasteiger partial charge in [-0.05, 0) is 42.2 Å². The van der Waals surface area contributed by atoms with Crippen LogP contribution in [-0.4, -0.2) is 43.0 Å². The maximum Gasteiger partial charge on any atom is 0.251 e. The molecule has 1 saturated heterocycles. The molecule has 1 aliphatic heterocycles. The molecule has 0 radical (unpaired) electrons. The van der Waals surface area contributed by atoms with Crippen molar-refractivity contribution in [3.8, 4) is 0 Å². The fourth-order valence-corrected chi connectivity index (χ4v) is 2.59. The zero-order valence-corrected chi connectivity index (χ0v) is 12.8.